The van der Waals surface area contributed by atoms with Crippen molar-refractivity contribution in [1.82, 2.24) is 9.97 Å². The Labute approximate surface area is 103 Å². The lowest BCUT2D eigenvalue weighted by Gasteiger charge is -2.20. The van der Waals surface area contributed by atoms with Gasteiger partial charge in [0.15, 0.2) is 0 Å². The molecule has 0 spiro atoms. The highest BCUT2D eigenvalue weighted by atomic mass is 32.1. The molecule has 16 heavy (non-hydrogen) atoms. The Hall–Kier alpha value is -0.700. The predicted octanol–water partition coefficient (Wildman–Crippen LogP) is 4.09. The Morgan fingerprint density at radius 1 is 1.31 bits per heavy atom. The topological polar surface area (TPSA) is 28.7 Å². The van der Waals surface area contributed by atoms with Crippen molar-refractivity contribution in [2.24, 2.45) is 0 Å². The summed E-state index contributed by atoms with van der Waals surface area (Å²) < 4.78 is 0.727. The Bertz CT molecular complexity index is 422. The van der Waals surface area contributed by atoms with E-state index in [1.807, 2.05) is 6.07 Å². The van der Waals surface area contributed by atoms with Crippen LogP contribution in [0.3, 0.4) is 0 Å². The van der Waals surface area contributed by atoms with Gasteiger partial charge in [0.05, 0.1) is 0 Å². The smallest absolute Gasteiger partial charge is 0.130 e. The minimum absolute atomic E-state index is 0.0438. The number of hydrogen-bond acceptors (Lipinski definition) is 2. The van der Waals surface area contributed by atoms with Crippen LogP contribution in [0, 0.1) is 4.64 Å². The van der Waals surface area contributed by atoms with Gasteiger partial charge in [-0.1, -0.05) is 45.8 Å². The van der Waals surface area contributed by atoms with Gasteiger partial charge < -0.3 is 4.98 Å². The fraction of sp³-hybridized carbons (Fsp3) is 0.692. The van der Waals surface area contributed by atoms with E-state index in [-0.39, 0.29) is 5.41 Å². The van der Waals surface area contributed by atoms with Gasteiger partial charge in [-0.3, -0.25) is 0 Å². The van der Waals surface area contributed by atoms with Crippen LogP contribution in [0.15, 0.2) is 6.07 Å². The molecule has 0 atom stereocenters. The maximum absolute atomic E-state index is 5.26. The number of aromatic nitrogens is 2. The summed E-state index contributed by atoms with van der Waals surface area (Å²) in [6, 6.07) is 2.04. The standard InChI is InChI=1S/C13H20N2S/c1-13(2,3)12-14-10(8-11(16)15-12)9-6-4-5-7-9/h8-9H,4-7H2,1-3H3,(H,14,15,16). The first-order chi connectivity index (χ1) is 7.47. The Morgan fingerprint density at radius 2 is 1.94 bits per heavy atom. The van der Waals surface area contributed by atoms with Gasteiger partial charge >= 0.3 is 0 Å². The molecule has 1 aliphatic carbocycles. The Kier molecular flexibility index (Phi) is 3.15. The molecule has 2 rings (SSSR count). The quantitative estimate of drug-likeness (QED) is 0.744. The molecule has 0 aromatic carbocycles. The maximum Gasteiger partial charge on any atom is 0.130 e. The van der Waals surface area contributed by atoms with E-state index in [1.165, 1.54) is 31.4 Å². The third-order valence-corrected chi connectivity index (χ3v) is 3.48. The van der Waals surface area contributed by atoms with Gasteiger partial charge in [0, 0.05) is 11.1 Å². The van der Waals surface area contributed by atoms with Crippen molar-refractivity contribution in [3.05, 3.63) is 22.2 Å². The lowest BCUT2D eigenvalue weighted by molar-refractivity contribution is 0.534. The molecule has 1 heterocycles. The van der Waals surface area contributed by atoms with Gasteiger partial charge in [-0.05, 0) is 24.8 Å². The van der Waals surface area contributed by atoms with Gasteiger partial charge in [-0.15, -0.1) is 0 Å². The second-order valence-corrected chi connectivity index (χ2v) is 6.17. The average Bonchev–Trinajstić information content (AvgIpc) is 2.68. The van der Waals surface area contributed by atoms with Crippen LogP contribution in [0.2, 0.25) is 0 Å². The molecule has 1 aliphatic rings. The van der Waals surface area contributed by atoms with Crippen LogP contribution in [0.25, 0.3) is 0 Å². The zero-order chi connectivity index (χ0) is 11.8. The fourth-order valence-corrected chi connectivity index (χ4v) is 2.51. The second-order valence-electron chi connectivity index (χ2n) is 5.75. The number of H-pyrrole nitrogens is 1. The molecular formula is C13H20N2S. The molecule has 0 saturated heterocycles. The molecule has 0 bridgehead atoms. The molecule has 1 saturated carbocycles. The van der Waals surface area contributed by atoms with E-state index in [1.54, 1.807) is 0 Å². The monoisotopic (exact) mass is 236 g/mol. The maximum atomic E-state index is 5.26. The SMILES string of the molecule is CC(C)(C)c1nc(=S)cc(C2CCCC2)[nH]1. The molecule has 0 unspecified atom stereocenters. The van der Waals surface area contributed by atoms with Crippen LogP contribution < -0.4 is 0 Å². The minimum atomic E-state index is 0.0438. The van der Waals surface area contributed by atoms with E-state index in [0.717, 1.165) is 10.5 Å². The third kappa shape index (κ3) is 2.51. The van der Waals surface area contributed by atoms with Crippen LogP contribution in [-0.4, -0.2) is 9.97 Å². The first-order valence-electron chi connectivity index (χ1n) is 6.08. The normalized spacial score (nSPS) is 17.9. The summed E-state index contributed by atoms with van der Waals surface area (Å²) in [5.41, 5.74) is 1.34. The number of aromatic amines is 1. The highest BCUT2D eigenvalue weighted by molar-refractivity contribution is 7.71. The van der Waals surface area contributed by atoms with Crippen molar-refractivity contribution in [3.8, 4) is 0 Å². The minimum Gasteiger partial charge on any atom is -0.346 e. The van der Waals surface area contributed by atoms with Crippen molar-refractivity contribution >= 4 is 12.2 Å². The number of nitrogens with zero attached hydrogens (tertiary/aromatic N) is 1. The molecule has 1 aromatic rings. The van der Waals surface area contributed by atoms with Gasteiger partial charge in [-0.2, -0.15) is 0 Å². The van der Waals surface area contributed by atoms with Crippen LogP contribution >= 0.6 is 12.2 Å². The van der Waals surface area contributed by atoms with Crippen molar-refractivity contribution in [1.29, 1.82) is 0 Å². The van der Waals surface area contributed by atoms with Crippen LogP contribution in [0.4, 0.5) is 0 Å². The number of rotatable bonds is 1. The van der Waals surface area contributed by atoms with Crippen molar-refractivity contribution in [2.75, 3.05) is 0 Å². The molecule has 2 nitrogen and oxygen atoms in total. The van der Waals surface area contributed by atoms with Gasteiger partial charge in [0.1, 0.15) is 10.5 Å². The second kappa shape index (κ2) is 4.28. The van der Waals surface area contributed by atoms with Gasteiger partial charge in [0.2, 0.25) is 0 Å². The molecule has 0 amide bonds. The molecule has 3 heteroatoms. The van der Waals surface area contributed by atoms with Crippen molar-refractivity contribution in [2.45, 2.75) is 57.8 Å². The Morgan fingerprint density at radius 3 is 2.50 bits per heavy atom. The zero-order valence-corrected chi connectivity index (χ0v) is 11.2. The molecule has 1 N–H and O–H groups in total. The summed E-state index contributed by atoms with van der Waals surface area (Å²) in [5, 5.41) is 0. The van der Waals surface area contributed by atoms with E-state index in [2.05, 4.69) is 30.7 Å². The van der Waals surface area contributed by atoms with E-state index < -0.39 is 0 Å². The summed E-state index contributed by atoms with van der Waals surface area (Å²) in [4.78, 5) is 7.93. The lowest BCUT2D eigenvalue weighted by Crippen LogP contribution is -2.17. The predicted molar refractivity (Wildman–Crippen MR) is 69.3 cm³/mol. The van der Waals surface area contributed by atoms with Crippen LogP contribution in [0.5, 0.6) is 0 Å². The van der Waals surface area contributed by atoms with Gasteiger partial charge in [-0.25, -0.2) is 4.98 Å². The summed E-state index contributed by atoms with van der Waals surface area (Å²) >= 11 is 5.26. The molecule has 1 aromatic heterocycles. The molecular weight excluding hydrogens is 216 g/mol. The fourth-order valence-electron chi connectivity index (χ4n) is 2.29. The zero-order valence-electron chi connectivity index (χ0n) is 10.3. The summed E-state index contributed by atoms with van der Waals surface area (Å²) in [6.07, 6.45) is 5.27. The van der Waals surface area contributed by atoms with Crippen LogP contribution in [-0.2, 0) is 5.41 Å². The summed E-state index contributed by atoms with van der Waals surface area (Å²) in [7, 11) is 0. The highest BCUT2D eigenvalue weighted by Crippen LogP contribution is 2.33. The average molecular weight is 236 g/mol. The summed E-state index contributed by atoms with van der Waals surface area (Å²) in [6.45, 7) is 6.50. The molecule has 88 valence electrons. The van der Waals surface area contributed by atoms with E-state index >= 15 is 0 Å². The number of nitrogens with one attached hydrogen (secondary N) is 1. The largest absolute Gasteiger partial charge is 0.346 e. The third-order valence-electron chi connectivity index (χ3n) is 3.27. The van der Waals surface area contributed by atoms with Gasteiger partial charge in [0.25, 0.3) is 0 Å². The van der Waals surface area contributed by atoms with E-state index in [0.29, 0.717) is 5.92 Å². The molecule has 0 radical (unpaired) electrons. The molecule has 1 fully saturated rings. The highest BCUT2D eigenvalue weighted by Gasteiger charge is 2.21. The van der Waals surface area contributed by atoms with E-state index in [9.17, 15) is 0 Å². The summed E-state index contributed by atoms with van der Waals surface area (Å²) in [5.74, 6) is 1.69. The number of hydrogen-bond donors (Lipinski definition) is 1. The lowest BCUT2D eigenvalue weighted by atomic mass is 9.95. The Balaban J connectivity index is 2.39. The van der Waals surface area contributed by atoms with E-state index in [4.69, 9.17) is 12.2 Å². The van der Waals surface area contributed by atoms with Crippen LogP contribution in [0.1, 0.15) is 63.9 Å². The molecule has 0 aliphatic heterocycles. The van der Waals surface area contributed by atoms with Crippen molar-refractivity contribution < 1.29 is 0 Å². The first-order valence-corrected chi connectivity index (χ1v) is 6.49. The first kappa shape index (κ1) is 11.8. The van der Waals surface area contributed by atoms with Crippen molar-refractivity contribution in [3.63, 3.8) is 0 Å².